The number of hydrogen-bond acceptors (Lipinski definition) is 5. The van der Waals surface area contributed by atoms with E-state index < -0.39 is 0 Å². The lowest BCUT2D eigenvalue weighted by Crippen LogP contribution is -2.44. The van der Waals surface area contributed by atoms with Crippen LogP contribution in [0.25, 0.3) is 0 Å². The second-order valence-corrected chi connectivity index (χ2v) is 6.40. The molecule has 0 amide bonds. The van der Waals surface area contributed by atoms with Crippen molar-refractivity contribution in [1.29, 1.82) is 0 Å². The van der Waals surface area contributed by atoms with Gasteiger partial charge < -0.3 is 16.2 Å². The van der Waals surface area contributed by atoms with Crippen LogP contribution in [0.5, 0.6) is 0 Å². The lowest BCUT2D eigenvalue weighted by molar-refractivity contribution is 0.266. The normalized spacial score (nSPS) is 14.3. The van der Waals surface area contributed by atoms with E-state index in [0.29, 0.717) is 22.6 Å². The second-order valence-electron chi connectivity index (χ2n) is 5.61. The van der Waals surface area contributed by atoms with Gasteiger partial charge in [0.2, 0.25) is 0 Å². The molecule has 1 heterocycles. The van der Waals surface area contributed by atoms with Crippen LogP contribution in [0.4, 0.5) is 5.69 Å². The van der Waals surface area contributed by atoms with Crippen molar-refractivity contribution in [2.24, 2.45) is 11.7 Å². The molecule has 0 aliphatic rings. The number of nitrogens with zero attached hydrogens (tertiary/aromatic N) is 2. The Morgan fingerprint density at radius 1 is 1.60 bits per heavy atom. The number of aliphatic hydroxyl groups is 1. The Labute approximate surface area is 127 Å². The minimum absolute atomic E-state index is 0.125. The van der Waals surface area contributed by atoms with Gasteiger partial charge in [0.25, 0.3) is 5.56 Å². The molecule has 0 saturated heterocycles. The number of nitrogens with two attached hydrogens (primary N) is 1. The van der Waals surface area contributed by atoms with Gasteiger partial charge in [-0.15, -0.1) is 0 Å². The number of aliphatic hydroxyl groups excluding tert-OH is 1. The summed E-state index contributed by atoms with van der Waals surface area (Å²) in [4.78, 5) is 12.0. The van der Waals surface area contributed by atoms with Crippen LogP contribution >= 0.6 is 15.9 Å². The Balaban J connectivity index is 3.03. The third kappa shape index (κ3) is 4.29. The van der Waals surface area contributed by atoms with Crippen molar-refractivity contribution in [3.63, 3.8) is 0 Å². The first-order chi connectivity index (χ1) is 9.33. The van der Waals surface area contributed by atoms with Crippen molar-refractivity contribution in [2.75, 3.05) is 18.5 Å². The first-order valence-electron chi connectivity index (χ1n) is 6.67. The molecule has 1 unspecified atom stereocenters. The van der Waals surface area contributed by atoms with Crippen LogP contribution in [-0.4, -0.2) is 33.6 Å². The number of nitrogens with one attached hydrogen (secondary N) is 1. The molecule has 20 heavy (non-hydrogen) atoms. The number of aromatic nitrogens is 2. The van der Waals surface area contributed by atoms with E-state index in [4.69, 9.17) is 10.8 Å². The fraction of sp³-hybridized carbons (Fsp3) is 0.692. The SMILES string of the molecule is CC(C)CC(C)(CN)Nc1cnn(CCO)c(=O)c1Br. The third-order valence-corrected chi connectivity index (χ3v) is 3.81. The first kappa shape index (κ1) is 17.1. The van der Waals surface area contributed by atoms with Crippen molar-refractivity contribution >= 4 is 21.6 Å². The summed E-state index contributed by atoms with van der Waals surface area (Å²) >= 11 is 3.29. The summed E-state index contributed by atoms with van der Waals surface area (Å²) in [5.74, 6) is 0.484. The molecule has 0 spiro atoms. The zero-order chi connectivity index (χ0) is 15.3. The van der Waals surface area contributed by atoms with Crippen LogP contribution < -0.4 is 16.6 Å². The number of rotatable bonds is 7. The van der Waals surface area contributed by atoms with Crippen LogP contribution in [-0.2, 0) is 6.54 Å². The highest BCUT2D eigenvalue weighted by Gasteiger charge is 2.25. The van der Waals surface area contributed by atoms with E-state index in [9.17, 15) is 4.79 Å². The molecule has 7 heteroatoms. The van der Waals surface area contributed by atoms with Gasteiger partial charge in [0.15, 0.2) is 0 Å². The molecule has 0 fully saturated rings. The Morgan fingerprint density at radius 3 is 2.75 bits per heavy atom. The standard InChI is InChI=1S/C13H23BrN4O2/c1-9(2)6-13(3,8-15)17-10-7-16-18(4-5-19)12(20)11(10)14/h7,9,17,19H,4-6,8,15H2,1-3H3. The van der Waals surface area contributed by atoms with E-state index in [1.54, 1.807) is 6.20 Å². The maximum absolute atomic E-state index is 12.0. The molecule has 0 aliphatic carbocycles. The highest BCUT2D eigenvalue weighted by molar-refractivity contribution is 9.10. The van der Waals surface area contributed by atoms with Gasteiger partial charge in [0, 0.05) is 12.1 Å². The Hall–Kier alpha value is -0.920. The van der Waals surface area contributed by atoms with E-state index in [1.807, 2.05) is 6.92 Å². The van der Waals surface area contributed by atoms with Crippen molar-refractivity contribution in [3.05, 3.63) is 21.0 Å². The minimum atomic E-state index is -0.298. The van der Waals surface area contributed by atoms with Gasteiger partial charge in [-0.1, -0.05) is 13.8 Å². The average molecular weight is 347 g/mol. The van der Waals surface area contributed by atoms with Crippen molar-refractivity contribution < 1.29 is 5.11 Å². The van der Waals surface area contributed by atoms with Crippen LogP contribution in [0.3, 0.4) is 0 Å². The Bertz CT molecular complexity index is 504. The molecule has 0 saturated carbocycles. The van der Waals surface area contributed by atoms with Crippen LogP contribution in [0.15, 0.2) is 15.5 Å². The molecule has 0 bridgehead atoms. The van der Waals surface area contributed by atoms with Crippen LogP contribution in [0, 0.1) is 5.92 Å². The molecule has 1 rings (SSSR count). The molecule has 6 nitrogen and oxygen atoms in total. The zero-order valence-corrected chi connectivity index (χ0v) is 13.8. The maximum Gasteiger partial charge on any atom is 0.283 e. The topological polar surface area (TPSA) is 93.2 Å². The van der Waals surface area contributed by atoms with Crippen LogP contribution in [0.1, 0.15) is 27.2 Å². The van der Waals surface area contributed by atoms with E-state index >= 15 is 0 Å². The Morgan fingerprint density at radius 2 is 2.25 bits per heavy atom. The van der Waals surface area contributed by atoms with Gasteiger partial charge in [0.1, 0.15) is 4.47 Å². The fourth-order valence-corrected chi connectivity index (χ4v) is 2.62. The highest BCUT2D eigenvalue weighted by Crippen LogP contribution is 2.24. The lowest BCUT2D eigenvalue weighted by Gasteiger charge is -2.32. The summed E-state index contributed by atoms with van der Waals surface area (Å²) in [5.41, 5.74) is 5.91. The predicted molar refractivity (Wildman–Crippen MR) is 83.8 cm³/mol. The number of halogens is 1. The summed E-state index contributed by atoms with van der Waals surface area (Å²) in [7, 11) is 0. The molecular weight excluding hydrogens is 324 g/mol. The monoisotopic (exact) mass is 346 g/mol. The van der Waals surface area contributed by atoms with Gasteiger partial charge in [-0.05, 0) is 35.2 Å². The molecule has 0 aromatic carbocycles. The summed E-state index contributed by atoms with van der Waals surface area (Å²) in [6, 6.07) is 0. The van der Waals surface area contributed by atoms with E-state index in [2.05, 4.69) is 40.2 Å². The minimum Gasteiger partial charge on any atom is -0.394 e. The van der Waals surface area contributed by atoms with E-state index in [-0.39, 0.29) is 24.2 Å². The highest BCUT2D eigenvalue weighted by atomic mass is 79.9. The molecule has 0 radical (unpaired) electrons. The quantitative estimate of drug-likeness (QED) is 0.689. The van der Waals surface area contributed by atoms with Crippen molar-refractivity contribution in [3.8, 4) is 0 Å². The summed E-state index contributed by atoms with van der Waals surface area (Å²) in [6.07, 6.45) is 2.46. The van der Waals surface area contributed by atoms with E-state index in [0.717, 1.165) is 6.42 Å². The predicted octanol–water partition coefficient (Wildman–Crippen LogP) is 1.17. The van der Waals surface area contributed by atoms with Crippen LogP contribution in [0.2, 0.25) is 0 Å². The molecule has 0 aliphatic heterocycles. The number of hydrogen-bond donors (Lipinski definition) is 3. The summed E-state index contributed by atoms with van der Waals surface area (Å²) in [5, 5.41) is 16.2. The summed E-state index contributed by atoms with van der Waals surface area (Å²) in [6.45, 7) is 6.79. The van der Waals surface area contributed by atoms with E-state index in [1.165, 1.54) is 4.68 Å². The molecule has 1 aromatic rings. The largest absolute Gasteiger partial charge is 0.394 e. The van der Waals surface area contributed by atoms with Crippen molar-refractivity contribution in [1.82, 2.24) is 9.78 Å². The van der Waals surface area contributed by atoms with Gasteiger partial charge in [-0.25, -0.2) is 4.68 Å². The molecule has 114 valence electrons. The molecule has 4 N–H and O–H groups in total. The van der Waals surface area contributed by atoms with Gasteiger partial charge >= 0.3 is 0 Å². The third-order valence-electron chi connectivity index (χ3n) is 3.04. The maximum atomic E-state index is 12.0. The van der Waals surface area contributed by atoms with Crippen molar-refractivity contribution in [2.45, 2.75) is 39.3 Å². The summed E-state index contributed by atoms with van der Waals surface area (Å²) < 4.78 is 1.63. The second kappa shape index (κ2) is 7.19. The van der Waals surface area contributed by atoms with Gasteiger partial charge in [0.05, 0.1) is 25.0 Å². The molecule has 1 atom stereocenters. The number of anilines is 1. The smallest absolute Gasteiger partial charge is 0.283 e. The Kier molecular flexibility index (Phi) is 6.16. The fourth-order valence-electron chi connectivity index (χ4n) is 2.22. The molecule has 1 aromatic heterocycles. The lowest BCUT2D eigenvalue weighted by atomic mass is 9.90. The zero-order valence-electron chi connectivity index (χ0n) is 12.2. The first-order valence-corrected chi connectivity index (χ1v) is 7.47. The van der Waals surface area contributed by atoms with Gasteiger partial charge in [-0.2, -0.15) is 5.10 Å². The van der Waals surface area contributed by atoms with Gasteiger partial charge in [-0.3, -0.25) is 4.79 Å². The average Bonchev–Trinajstić information content (AvgIpc) is 2.38. The molecular formula is C13H23BrN4O2.